The molecule has 7 atom stereocenters. The molecule has 41 heavy (non-hydrogen) atoms. The Balaban J connectivity index is 1.22. The van der Waals surface area contributed by atoms with Gasteiger partial charge in [-0.05, 0) is 97.6 Å². The van der Waals surface area contributed by atoms with E-state index in [1.165, 1.54) is 24.0 Å². The number of carbonyl (C=O) groups is 2. The summed E-state index contributed by atoms with van der Waals surface area (Å²) >= 11 is 4.25. The average Bonchev–Trinajstić information content (AvgIpc) is 3.66. The Hall–Kier alpha value is -3.24. The Morgan fingerprint density at radius 2 is 2.00 bits per heavy atom. The number of halogens is 1. The molecule has 2 heterocycles. The van der Waals surface area contributed by atoms with Crippen LogP contribution in [0.4, 0.5) is 4.39 Å². The maximum absolute atomic E-state index is 13.6. The molecule has 2 unspecified atom stereocenters. The minimum atomic E-state index is -1.46. The van der Waals surface area contributed by atoms with Gasteiger partial charge in [-0.25, -0.2) is 18.9 Å². The molecule has 10 heteroatoms. The fourth-order valence-corrected chi connectivity index (χ4v) is 9.46. The molecule has 0 bridgehead atoms. The van der Waals surface area contributed by atoms with Crippen molar-refractivity contribution in [2.24, 2.45) is 28.6 Å². The van der Waals surface area contributed by atoms with Crippen LogP contribution in [-0.4, -0.2) is 42.7 Å². The highest BCUT2D eigenvalue weighted by atomic mass is 32.1. The van der Waals surface area contributed by atoms with Crippen molar-refractivity contribution in [3.63, 3.8) is 0 Å². The van der Waals surface area contributed by atoms with Crippen molar-refractivity contribution < 1.29 is 28.2 Å². The van der Waals surface area contributed by atoms with E-state index in [9.17, 15) is 19.1 Å². The molecule has 4 aliphatic carbocycles. The molecule has 0 saturated heterocycles. The second kappa shape index (κ2) is 9.13. The summed E-state index contributed by atoms with van der Waals surface area (Å²) in [5.74, 6) is -0.835. The number of ether oxygens (including phenoxy) is 1. The maximum atomic E-state index is 13.6. The smallest absolute Gasteiger partial charge is 0.361 e. The highest BCUT2D eigenvalue weighted by Gasteiger charge is 2.70. The van der Waals surface area contributed by atoms with Crippen molar-refractivity contribution >= 4 is 29.8 Å². The van der Waals surface area contributed by atoms with E-state index in [0.29, 0.717) is 19.3 Å². The van der Waals surface area contributed by atoms with Crippen LogP contribution in [0.25, 0.3) is 11.8 Å². The second-order valence-electron chi connectivity index (χ2n) is 12.7. The van der Waals surface area contributed by atoms with E-state index < -0.39 is 28.2 Å². The summed E-state index contributed by atoms with van der Waals surface area (Å²) in [6, 6.07) is 6.32. The third kappa shape index (κ3) is 3.69. The zero-order valence-electron chi connectivity index (χ0n) is 22.9. The molecule has 0 amide bonds. The minimum Gasteiger partial charge on any atom is -0.451 e. The first-order valence-electron chi connectivity index (χ1n) is 14.1. The maximum Gasteiger partial charge on any atom is 0.361 e. The number of hydrogen-bond donors (Lipinski definition) is 2. The molecule has 8 nitrogen and oxygen atoms in total. The van der Waals surface area contributed by atoms with Gasteiger partial charge >= 0.3 is 5.97 Å². The summed E-state index contributed by atoms with van der Waals surface area (Å²) < 4.78 is 26.3. The van der Waals surface area contributed by atoms with Gasteiger partial charge in [0.2, 0.25) is 5.12 Å². The van der Waals surface area contributed by atoms with Gasteiger partial charge in [0, 0.05) is 5.41 Å². The summed E-state index contributed by atoms with van der Waals surface area (Å²) in [4.78, 5) is 30.1. The zero-order valence-corrected chi connectivity index (χ0v) is 23.8. The normalized spacial score (nSPS) is 35.5. The average molecular weight is 578 g/mol. The Morgan fingerprint density at radius 1 is 1.22 bits per heavy atom. The first-order valence-corrected chi connectivity index (χ1v) is 14.6. The number of benzene rings is 1. The predicted octanol–water partition coefficient (Wildman–Crippen LogP) is 5.20. The molecule has 0 aliphatic heterocycles. The van der Waals surface area contributed by atoms with E-state index in [2.05, 4.69) is 35.7 Å². The first kappa shape index (κ1) is 26.6. The van der Waals surface area contributed by atoms with Gasteiger partial charge < -0.3 is 14.3 Å². The number of thiol groups is 1. The van der Waals surface area contributed by atoms with Crippen LogP contribution in [0, 0.1) is 34.4 Å². The fourth-order valence-electron chi connectivity index (χ4n) is 9.05. The van der Waals surface area contributed by atoms with E-state index >= 15 is 0 Å². The van der Waals surface area contributed by atoms with E-state index in [1.807, 2.05) is 17.8 Å². The SMILES string of the molecule is C[C@]12Cc3cnn(-c4ccc(F)cc4)c3C=C1CC[C@@H]1C2[C@@H](O)C[C@@]2(C)C1CC[C@]2(OC(=O)c1cocn1)C(=O)S. The van der Waals surface area contributed by atoms with Crippen molar-refractivity contribution in [1.82, 2.24) is 14.8 Å². The third-order valence-electron chi connectivity index (χ3n) is 10.9. The number of hydrogen-bond acceptors (Lipinski definition) is 7. The lowest BCUT2D eigenvalue weighted by atomic mass is 9.45. The van der Waals surface area contributed by atoms with Crippen molar-refractivity contribution in [3.8, 4) is 5.69 Å². The van der Waals surface area contributed by atoms with Gasteiger partial charge in [0.1, 0.15) is 12.1 Å². The molecular weight excluding hydrogens is 545 g/mol. The van der Waals surface area contributed by atoms with E-state index in [-0.39, 0.29) is 34.7 Å². The number of rotatable bonds is 4. The van der Waals surface area contributed by atoms with Crippen LogP contribution in [0.2, 0.25) is 0 Å². The number of esters is 1. The number of nitrogens with zero attached hydrogens (tertiary/aromatic N) is 3. The van der Waals surface area contributed by atoms with Gasteiger partial charge in [0.25, 0.3) is 0 Å². The molecule has 0 radical (unpaired) electrons. The van der Waals surface area contributed by atoms with Crippen LogP contribution in [0.1, 0.15) is 67.7 Å². The Morgan fingerprint density at radius 3 is 2.71 bits per heavy atom. The van der Waals surface area contributed by atoms with Gasteiger partial charge in [-0.1, -0.05) is 19.4 Å². The lowest BCUT2D eigenvalue weighted by Gasteiger charge is -2.60. The lowest BCUT2D eigenvalue weighted by Crippen LogP contribution is -2.62. The number of aliphatic hydroxyl groups is 1. The molecule has 2 aromatic heterocycles. The second-order valence-corrected chi connectivity index (χ2v) is 13.1. The summed E-state index contributed by atoms with van der Waals surface area (Å²) in [5, 5.41) is 16.1. The number of oxazole rings is 1. The van der Waals surface area contributed by atoms with Crippen molar-refractivity contribution in [2.45, 2.75) is 64.1 Å². The van der Waals surface area contributed by atoms with Gasteiger partial charge in [-0.2, -0.15) is 5.10 Å². The van der Waals surface area contributed by atoms with Crippen LogP contribution >= 0.6 is 12.6 Å². The van der Waals surface area contributed by atoms with Crippen LogP contribution in [0.15, 0.2) is 53.1 Å². The summed E-state index contributed by atoms with van der Waals surface area (Å²) in [7, 11) is 0. The van der Waals surface area contributed by atoms with Crippen molar-refractivity contribution in [2.75, 3.05) is 0 Å². The zero-order chi connectivity index (χ0) is 28.7. The molecule has 3 saturated carbocycles. The number of aromatic nitrogens is 3. The predicted molar refractivity (Wildman–Crippen MR) is 150 cm³/mol. The molecule has 1 aromatic carbocycles. The minimum absolute atomic E-state index is 0.000562. The van der Waals surface area contributed by atoms with Crippen molar-refractivity contribution in [1.29, 1.82) is 0 Å². The summed E-state index contributed by atoms with van der Waals surface area (Å²) in [5.41, 5.74) is 1.64. The van der Waals surface area contributed by atoms with Crippen LogP contribution in [0.3, 0.4) is 0 Å². The summed E-state index contributed by atoms with van der Waals surface area (Å²) in [6.45, 7) is 4.23. The molecule has 0 spiro atoms. The Bertz CT molecular complexity index is 1570. The molecule has 7 rings (SSSR count). The molecule has 3 aromatic rings. The van der Waals surface area contributed by atoms with E-state index in [4.69, 9.17) is 9.15 Å². The fraction of sp³-hybridized carbons (Fsp3) is 0.484. The number of carbonyl (C=O) groups excluding carboxylic acids is 2. The number of allylic oxidation sites excluding steroid dienone is 1. The van der Waals surface area contributed by atoms with Crippen LogP contribution in [0.5, 0.6) is 0 Å². The van der Waals surface area contributed by atoms with Crippen LogP contribution < -0.4 is 0 Å². The monoisotopic (exact) mass is 577 g/mol. The Kier molecular flexibility index (Phi) is 5.93. The van der Waals surface area contributed by atoms with E-state index in [0.717, 1.165) is 42.6 Å². The highest BCUT2D eigenvalue weighted by molar-refractivity contribution is 7.96. The molecule has 4 aliphatic rings. The van der Waals surface area contributed by atoms with Gasteiger partial charge in [-0.3, -0.25) is 4.79 Å². The van der Waals surface area contributed by atoms with E-state index in [1.54, 1.807) is 12.1 Å². The van der Waals surface area contributed by atoms with Crippen LogP contribution in [-0.2, 0) is 16.0 Å². The topological polar surface area (TPSA) is 107 Å². The highest BCUT2D eigenvalue weighted by Crippen LogP contribution is 2.68. The molecular formula is C31H32FN3O5S. The first-order chi connectivity index (χ1) is 19.6. The quantitative estimate of drug-likeness (QED) is 0.324. The third-order valence-corrected chi connectivity index (χ3v) is 11.2. The summed E-state index contributed by atoms with van der Waals surface area (Å²) in [6.07, 6.45) is 9.54. The van der Waals surface area contributed by atoms with Gasteiger partial charge in [-0.15, -0.1) is 12.6 Å². The van der Waals surface area contributed by atoms with Gasteiger partial charge in [0.15, 0.2) is 17.7 Å². The van der Waals surface area contributed by atoms with Crippen molar-refractivity contribution in [3.05, 3.63) is 71.5 Å². The lowest BCUT2D eigenvalue weighted by molar-refractivity contribution is -0.174. The van der Waals surface area contributed by atoms with Gasteiger partial charge in [0.05, 0.1) is 23.7 Å². The standard InChI is InChI=1S/C31H32FN3O5S/c1-29-12-17-14-34-35(20-6-4-19(32)5-7-20)24(17)11-18(29)3-8-21-22-9-10-31(28(38)41,30(22,2)13-25(36)26(21)29)40-27(37)23-15-39-16-33-23/h4-7,11,14-16,21-22,25-26,36H,3,8-10,12-13H2,1-2H3,(H,38,41)/t21-,22?,25-,26?,29-,30-,31-/m0/s1. The number of fused-ring (bicyclic) bond motifs is 6. The Labute approximate surface area is 242 Å². The molecule has 1 N–H and O–H groups in total. The molecule has 3 fully saturated rings. The number of aliphatic hydroxyl groups excluding tert-OH is 1. The molecule has 214 valence electrons. The largest absolute Gasteiger partial charge is 0.451 e.